The number of hydrogen-bond donors (Lipinski definition) is 2. The van der Waals surface area contributed by atoms with Crippen molar-refractivity contribution in [3.8, 4) is 5.75 Å². The topological polar surface area (TPSA) is 100 Å². The Labute approximate surface area is 131 Å². The average molecular weight is 321 g/mol. The number of benzene rings is 1. The number of para-hydroxylation sites is 1. The van der Waals surface area contributed by atoms with Crippen molar-refractivity contribution in [3.05, 3.63) is 29.3 Å². The Hall–Kier alpha value is -2.35. The predicted molar refractivity (Wildman–Crippen MR) is 84.5 cm³/mol. The number of aliphatic carboxylic acids is 1. The van der Waals surface area contributed by atoms with Gasteiger partial charge in [-0.15, -0.1) is 5.10 Å². The van der Waals surface area contributed by atoms with Crippen molar-refractivity contribution in [3.63, 3.8) is 0 Å². The third kappa shape index (κ3) is 3.85. The molecule has 1 aromatic rings. The minimum absolute atomic E-state index is 0.245. The molecule has 1 amide bonds. The van der Waals surface area contributed by atoms with E-state index in [0.29, 0.717) is 10.9 Å². The number of nitrogens with one attached hydrogen (secondary N) is 1. The molecule has 0 spiro atoms. The van der Waals surface area contributed by atoms with E-state index in [4.69, 9.17) is 9.84 Å². The van der Waals surface area contributed by atoms with Crippen molar-refractivity contribution < 1.29 is 19.4 Å². The van der Waals surface area contributed by atoms with E-state index in [0.717, 1.165) is 22.9 Å². The van der Waals surface area contributed by atoms with Crippen molar-refractivity contribution in [1.29, 1.82) is 0 Å². The van der Waals surface area contributed by atoms with Crippen LogP contribution in [0.2, 0.25) is 0 Å². The lowest BCUT2D eigenvalue weighted by atomic mass is 10.1. The Morgan fingerprint density at radius 1 is 1.55 bits per heavy atom. The highest BCUT2D eigenvalue weighted by Gasteiger charge is 2.32. The summed E-state index contributed by atoms with van der Waals surface area (Å²) in [4.78, 5) is 22.2. The van der Waals surface area contributed by atoms with Crippen LogP contribution in [0.15, 0.2) is 28.4 Å². The third-order valence-electron chi connectivity index (χ3n) is 2.93. The Balaban J connectivity index is 2.08. The first kappa shape index (κ1) is 16.0. The number of carboxylic acid groups (broad SMARTS) is 1. The molecule has 8 heteroatoms. The molecule has 1 saturated heterocycles. The van der Waals surface area contributed by atoms with E-state index in [-0.39, 0.29) is 12.3 Å². The number of ether oxygens (including phenoxy) is 1. The molecule has 1 aliphatic heterocycles. The summed E-state index contributed by atoms with van der Waals surface area (Å²) in [5.74, 6) is -0.685. The first-order chi connectivity index (χ1) is 10.5. The van der Waals surface area contributed by atoms with Gasteiger partial charge in [0.05, 0.1) is 19.7 Å². The fourth-order valence-corrected chi connectivity index (χ4v) is 2.86. The summed E-state index contributed by atoms with van der Waals surface area (Å²) < 4.78 is 5.30. The molecule has 1 atom stereocenters. The molecular formula is C14H15N3O4S. The molecule has 1 fully saturated rings. The van der Waals surface area contributed by atoms with Gasteiger partial charge in [-0.05, 0) is 18.6 Å². The van der Waals surface area contributed by atoms with Crippen LogP contribution >= 0.6 is 11.8 Å². The van der Waals surface area contributed by atoms with Gasteiger partial charge in [0.2, 0.25) is 5.91 Å². The number of methoxy groups -OCH3 is 1. The fourth-order valence-electron chi connectivity index (χ4n) is 1.94. The van der Waals surface area contributed by atoms with Crippen molar-refractivity contribution in [1.82, 2.24) is 5.32 Å². The molecule has 0 bridgehead atoms. The van der Waals surface area contributed by atoms with Gasteiger partial charge in [-0.1, -0.05) is 23.9 Å². The molecule has 22 heavy (non-hydrogen) atoms. The maximum atomic E-state index is 11.6. The lowest BCUT2D eigenvalue weighted by Crippen LogP contribution is -2.26. The lowest BCUT2D eigenvalue weighted by molar-refractivity contribution is -0.138. The van der Waals surface area contributed by atoms with Gasteiger partial charge in [0, 0.05) is 5.56 Å². The molecule has 7 nitrogen and oxygen atoms in total. The van der Waals surface area contributed by atoms with E-state index < -0.39 is 11.2 Å². The SMILES string of the molecule is COc1c(C)cccc1C=NN=C1NC(=O)C(CC(=O)O)S1. The Kier molecular flexibility index (Phi) is 5.16. The number of carbonyl (C=O) groups is 2. The molecule has 1 unspecified atom stereocenters. The van der Waals surface area contributed by atoms with Crippen LogP contribution in [0.25, 0.3) is 0 Å². The number of aryl methyl sites for hydroxylation is 1. The summed E-state index contributed by atoms with van der Waals surface area (Å²) in [7, 11) is 1.58. The van der Waals surface area contributed by atoms with Crippen molar-refractivity contribution in [2.75, 3.05) is 7.11 Å². The van der Waals surface area contributed by atoms with Gasteiger partial charge in [0.25, 0.3) is 0 Å². The number of amides is 1. The number of rotatable bonds is 5. The normalized spacial score (nSPS) is 19.6. The van der Waals surface area contributed by atoms with Gasteiger partial charge in [-0.25, -0.2) is 0 Å². The molecule has 2 rings (SSSR count). The summed E-state index contributed by atoms with van der Waals surface area (Å²) in [6.07, 6.45) is 1.28. The number of nitrogens with zero attached hydrogens (tertiary/aromatic N) is 2. The van der Waals surface area contributed by atoms with Gasteiger partial charge in [0.15, 0.2) is 5.17 Å². The molecular weight excluding hydrogens is 306 g/mol. The quantitative estimate of drug-likeness (QED) is 0.630. The summed E-state index contributed by atoms with van der Waals surface area (Å²) in [5, 5.41) is 18.7. The van der Waals surface area contributed by atoms with E-state index in [1.165, 1.54) is 6.21 Å². The zero-order chi connectivity index (χ0) is 16.1. The second kappa shape index (κ2) is 7.08. The maximum absolute atomic E-state index is 11.6. The monoisotopic (exact) mass is 321 g/mol. The molecule has 0 aliphatic carbocycles. The fraction of sp³-hybridized carbons (Fsp3) is 0.286. The molecule has 1 aromatic carbocycles. The second-order valence-corrected chi connectivity index (χ2v) is 5.73. The highest BCUT2D eigenvalue weighted by Crippen LogP contribution is 2.23. The largest absolute Gasteiger partial charge is 0.496 e. The van der Waals surface area contributed by atoms with Gasteiger partial charge in [-0.3, -0.25) is 9.59 Å². The Bertz CT molecular complexity index is 657. The predicted octanol–water partition coefficient (Wildman–Crippen LogP) is 1.40. The third-order valence-corrected chi connectivity index (χ3v) is 4.00. The number of carbonyl (C=O) groups excluding carboxylic acids is 1. The highest BCUT2D eigenvalue weighted by molar-refractivity contribution is 8.15. The van der Waals surface area contributed by atoms with Crippen LogP contribution in [0, 0.1) is 6.92 Å². The summed E-state index contributed by atoms with van der Waals surface area (Å²) in [6.45, 7) is 1.92. The van der Waals surface area contributed by atoms with Crippen LogP contribution in [-0.2, 0) is 9.59 Å². The van der Waals surface area contributed by atoms with Gasteiger partial charge in [0.1, 0.15) is 11.0 Å². The van der Waals surface area contributed by atoms with Gasteiger partial charge >= 0.3 is 5.97 Å². The van der Waals surface area contributed by atoms with E-state index in [2.05, 4.69) is 15.5 Å². The minimum atomic E-state index is -1.03. The van der Waals surface area contributed by atoms with E-state index in [1.54, 1.807) is 7.11 Å². The van der Waals surface area contributed by atoms with Crippen molar-refractivity contribution >= 4 is 35.0 Å². The highest BCUT2D eigenvalue weighted by atomic mass is 32.2. The van der Waals surface area contributed by atoms with Crippen molar-refractivity contribution in [2.24, 2.45) is 10.2 Å². The van der Waals surface area contributed by atoms with Crippen LogP contribution in [-0.4, -0.2) is 40.7 Å². The average Bonchev–Trinajstić information content (AvgIpc) is 2.78. The van der Waals surface area contributed by atoms with Crippen LogP contribution in [0.4, 0.5) is 0 Å². The summed E-state index contributed by atoms with van der Waals surface area (Å²) in [6, 6.07) is 5.63. The van der Waals surface area contributed by atoms with Crippen LogP contribution in [0.3, 0.4) is 0 Å². The second-order valence-electron chi connectivity index (χ2n) is 4.54. The zero-order valence-electron chi connectivity index (χ0n) is 12.1. The van der Waals surface area contributed by atoms with E-state index >= 15 is 0 Å². The van der Waals surface area contributed by atoms with Crippen LogP contribution in [0.5, 0.6) is 5.75 Å². The zero-order valence-corrected chi connectivity index (χ0v) is 12.9. The molecule has 0 saturated carbocycles. The smallest absolute Gasteiger partial charge is 0.305 e. The first-order valence-electron chi connectivity index (χ1n) is 6.45. The van der Waals surface area contributed by atoms with Crippen LogP contribution in [0.1, 0.15) is 17.5 Å². The van der Waals surface area contributed by atoms with Crippen LogP contribution < -0.4 is 10.1 Å². The Morgan fingerprint density at radius 2 is 2.32 bits per heavy atom. The molecule has 0 aromatic heterocycles. The summed E-state index contributed by atoms with van der Waals surface area (Å²) in [5.41, 5.74) is 1.74. The minimum Gasteiger partial charge on any atom is -0.496 e. The first-order valence-corrected chi connectivity index (χ1v) is 7.33. The maximum Gasteiger partial charge on any atom is 0.305 e. The molecule has 2 N–H and O–H groups in total. The number of hydrogen-bond acceptors (Lipinski definition) is 6. The molecule has 0 radical (unpaired) electrons. The lowest BCUT2D eigenvalue weighted by Gasteiger charge is -2.06. The number of carboxylic acids is 1. The van der Waals surface area contributed by atoms with Gasteiger partial charge < -0.3 is 15.2 Å². The Morgan fingerprint density at radius 3 is 3.00 bits per heavy atom. The van der Waals surface area contributed by atoms with E-state index in [1.807, 2.05) is 25.1 Å². The molecule has 1 aliphatic rings. The standard InChI is InChI=1S/C14H15N3O4S/c1-8-4-3-5-9(12(8)21-2)7-15-17-14-16-13(20)10(22-14)6-11(18)19/h3-5,7,10H,6H2,1-2H3,(H,18,19)(H,16,17,20). The molecule has 1 heterocycles. The van der Waals surface area contributed by atoms with Crippen molar-refractivity contribution in [2.45, 2.75) is 18.6 Å². The summed E-state index contributed by atoms with van der Waals surface area (Å²) >= 11 is 1.06. The molecule has 116 valence electrons. The number of thioether (sulfide) groups is 1. The van der Waals surface area contributed by atoms with Gasteiger partial charge in [-0.2, -0.15) is 5.10 Å². The van der Waals surface area contributed by atoms with E-state index in [9.17, 15) is 9.59 Å². The number of amidine groups is 1.